The van der Waals surface area contributed by atoms with Crippen molar-refractivity contribution in [3.8, 4) is 5.75 Å². The number of fused-ring (bicyclic) bond motifs is 1. The Bertz CT molecular complexity index is 1130. The summed E-state index contributed by atoms with van der Waals surface area (Å²) >= 11 is 0. The fourth-order valence-corrected chi connectivity index (χ4v) is 4.24. The molecule has 1 unspecified atom stereocenters. The Kier molecular flexibility index (Phi) is 8.32. The number of benzene rings is 3. The van der Waals surface area contributed by atoms with E-state index in [1.807, 2.05) is 70.2 Å². The minimum Gasteiger partial charge on any atom is -0.497 e. The molecule has 0 saturated carbocycles. The number of nitrogens with zero attached hydrogens (tertiary/aromatic N) is 1. The van der Waals surface area contributed by atoms with Crippen LogP contribution in [0.25, 0.3) is 10.8 Å². The SMILES string of the molecule is CCC(C(=O)NC(C)(C)C)N(Cc1cccc(OC)c1)C(=O)CCc1cccc2ccccc12. The Hall–Kier alpha value is -3.34. The molecule has 0 aliphatic heterocycles. The molecule has 0 aliphatic rings. The van der Waals surface area contributed by atoms with E-state index in [0.717, 1.165) is 27.6 Å². The molecule has 180 valence electrons. The molecular formula is C29H36N2O3. The van der Waals surface area contributed by atoms with E-state index < -0.39 is 6.04 Å². The highest BCUT2D eigenvalue weighted by molar-refractivity contribution is 5.89. The van der Waals surface area contributed by atoms with Crippen LogP contribution in [0.1, 0.15) is 51.7 Å². The smallest absolute Gasteiger partial charge is 0.243 e. The van der Waals surface area contributed by atoms with Gasteiger partial charge in [-0.15, -0.1) is 0 Å². The van der Waals surface area contributed by atoms with Crippen LogP contribution in [-0.4, -0.2) is 35.4 Å². The van der Waals surface area contributed by atoms with Gasteiger partial charge in [0.1, 0.15) is 11.8 Å². The average Bonchev–Trinajstić information content (AvgIpc) is 2.81. The summed E-state index contributed by atoms with van der Waals surface area (Å²) in [5, 5.41) is 5.38. The highest BCUT2D eigenvalue weighted by Gasteiger charge is 2.30. The van der Waals surface area contributed by atoms with Crippen molar-refractivity contribution in [2.75, 3.05) is 7.11 Å². The molecule has 0 radical (unpaired) electrons. The van der Waals surface area contributed by atoms with E-state index in [2.05, 4.69) is 29.6 Å². The van der Waals surface area contributed by atoms with Gasteiger partial charge in [-0.25, -0.2) is 0 Å². The lowest BCUT2D eigenvalue weighted by atomic mass is 10.00. The zero-order valence-electron chi connectivity index (χ0n) is 20.9. The zero-order valence-corrected chi connectivity index (χ0v) is 20.9. The Labute approximate surface area is 203 Å². The van der Waals surface area contributed by atoms with Crippen LogP contribution in [0, 0.1) is 0 Å². The summed E-state index contributed by atoms with van der Waals surface area (Å²) in [5.41, 5.74) is 1.69. The normalized spacial score (nSPS) is 12.3. The van der Waals surface area contributed by atoms with E-state index in [0.29, 0.717) is 25.8 Å². The first-order valence-electron chi connectivity index (χ1n) is 11.9. The van der Waals surface area contributed by atoms with Crippen LogP contribution in [0.5, 0.6) is 5.75 Å². The van der Waals surface area contributed by atoms with Crippen molar-refractivity contribution >= 4 is 22.6 Å². The van der Waals surface area contributed by atoms with Crippen LogP contribution in [0.2, 0.25) is 0 Å². The van der Waals surface area contributed by atoms with Crippen LogP contribution in [0.3, 0.4) is 0 Å². The largest absolute Gasteiger partial charge is 0.497 e. The monoisotopic (exact) mass is 460 g/mol. The molecule has 0 saturated heterocycles. The van der Waals surface area contributed by atoms with E-state index in [1.54, 1.807) is 12.0 Å². The van der Waals surface area contributed by atoms with Gasteiger partial charge in [-0.1, -0.05) is 61.5 Å². The molecule has 3 rings (SSSR count). The molecule has 0 bridgehead atoms. The maximum Gasteiger partial charge on any atom is 0.243 e. The number of carbonyl (C=O) groups is 2. The first-order valence-corrected chi connectivity index (χ1v) is 11.9. The predicted molar refractivity (Wildman–Crippen MR) is 138 cm³/mol. The van der Waals surface area contributed by atoms with Crippen molar-refractivity contribution in [2.24, 2.45) is 0 Å². The van der Waals surface area contributed by atoms with E-state index in [9.17, 15) is 9.59 Å². The van der Waals surface area contributed by atoms with Gasteiger partial charge in [0.05, 0.1) is 7.11 Å². The lowest BCUT2D eigenvalue weighted by molar-refractivity contribution is -0.142. The summed E-state index contributed by atoms with van der Waals surface area (Å²) in [4.78, 5) is 28.5. The third-order valence-corrected chi connectivity index (χ3v) is 5.86. The third-order valence-electron chi connectivity index (χ3n) is 5.86. The highest BCUT2D eigenvalue weighted by Crippen LogP contribution is 2.22. The number of hydrogen-bond acceptors (Lipinski definition) is 3. The van der Waals surface area contributed by atoms with Crippen molar-refractivity contribution in [1.82, 2.24) is 10.2 Å². The first-order chi connectivity index (χ1) is 16.2. The molecule has 0 heterocycles. The second kappa shape index (κ2) is 11.2. The van der Waals surface area contributed by atoms with Gasteiger partial charge < -0.3 is 15.0 Å². The lowest BCUT2D eigenvalue weighted by Gasteiger charge is -2.33. The quantitative estimate of drug-likeness (QED) is 0.458. The summed E-state index contributed by atoms with van der Waals surface area (Å²) in [5.74, 6) is 0.566. The summed E-state index contributed by atoms with van der Waals surface area (Å²) in [6.45, 7) is 8.15. The fraction of sp³-hybridized carbons (Fsp3) is 0.379. The molecule has 1 N–H and O–H groups in total. The summed E-state index contributed by atoms with van der Waals surface area (Å²) in [6, 6.07) is 21.5. The Morgan fingerprint density at radius 3 is 2.41 bits per heavy atom. The second-order valence-electron chi connectivity index (χ2n) is 9.67. The van der Waals surface area contributed by atoms with Gasteiger partial charge in [-0.05, 0) is 67.6 Å². The molecular weight excluding hydrogens is 424 g/mol. The predicted octanol–water partition coefficient (Wildman–Crippen LogP) is 5.50. The maximum atomic E-state index is 13.6. The van der Waals surface area contributed by atoms with Gasteiger partial charge in [-0.2, -0.15) is 0 Å². The minimum atomic E-state index is -0.551. The number of ether oxygens (including phenoxy) is 1. The molecule has 34 heavy (non-hydrogen) atoms. The van der Waals surface area contributed by atoms with Crippen LogP contribution >= 0.6 is 0 Å². The number of hydrogen-bond donors (Lipinski definition) is 1. The standard InChI is InChI=1S/C29H36N2O3/c1-6-26(28(33)30-29(2,3)4)31(20-21-11-9-15-24(19-21)34-5)27(32)18-17-23-14-10-13-22-12-7-8-16-25(22)23/h7-16,19,26H,6,17-18,20H2,1-5H3,(H,30,33). The number of methoxy groups -OCH3 is 1. The molecule has 5 nitrogen and oxygen atoms in total. The number of rotatable bonds is 9. The van der Waals surface area contributed by atoms with E-state index in [4.69, 9.17) is 4.74 Å². The number of carbonyl (C=O) groups excluding carboxylic acids is 2. The molecule has 2 amide bonds. The molecule has 3 aromatic carbocycles. The Morgan fingerprint density at radius 1 is 1.00 bits per heavy atom. The topological polar surface area (TPSA) is 58.6 Å². The number of amides is 2. The van der Waals surface area contributed by atoms with Crippen molar-refractivity contribution in [3.63, 3.8) is 0 Å². The molecule has 0 aliphatic carbocycles. The Balaban J connectivity index is 1.86. The molecule has 1 atom stereocenters. The van der Waals surface area contributed by atoms with E-state index in [1.165, 1.54) is 0 Å². The molecule has 0 fully saturated rings. The van der Waals surface area contributed by atoms with E-state index >= 15 is 0 Å². The van der Waals surface area contributed by atoms with Gasteiger partial charge in [0.25, 0.3) is 0 Å². The Morgan fingerprint density at radius 2 is 1.71 bits per heavy atom. The van der Waals surface area contributed by atoms with Gasteiger partial charge in [0, 0.05) is 18.5 Å². The van der Waals surface area contributed by atoms with Crippen LogP contribution in [-0.2, 0) is 22.6 Å². The third kappa shape index (κ3) is 6.60. The van der Waals surface area contributed by atoms with Gasteiger partial charge in [0.2, 0.25) is 11.8 Å². The minimum absolute atomic E-state index is 0.0355. The van der Waals surface area contributed by atoms with Gasteiger partial charge in [0.15, 0.2) is 0 Å². The molecule has 0 spiro atoms. The van der Waals surface area contributed by atoms with Gasteiger partial charge >= 0.3 is 0 Å². The molecule has 5 heteroatoms. The second-order valence-corrected chi connectivity index (χ2v) is 9.67. The summed E-state index contributed by atoms with van der Waals surface area (Å²) in [7, 11) is 1.62. The van der Waals surface area contributed by atoms with Crippen LogP contribution in [0.4, 0.5) is 0 Å². The van der Waals surface area contributed by atoms with Crippen molar-refractivity contribution in [1.29, 1.82) is 0 Å². The number of nitrogens with one attached hydrogen (secondary N) is 1. The first kappa shape index (κ1) is 25.3. The van der Waals surface area contributed by atoms with Crippen LogP contribution in [0.15, 0.2) is 66.7 Å². The average molecular weight is 461 g/mol. The fourth-order valence-electron chi connectivity index (χ4n) is 4.24. The highest BCUT2D eigenvalue weighted by atomic mass is 16.5. The summed E-state index contributed by atoms with van der Waals surface area (Å²) < 4.78 is 5.36. The molecule has 0 aromatic heterocycles. The maximum absolute atomic E-state index is 13.6. The number of aryl methyl sites for hydroxylation is 1. The van der Waals surface area contributed by atoms with Crippen molar-refractivity contribution in [3.05, 3.63) is 77.9 Å². The van der Waals surface area contributed by atoms with Gasteiger partial charge in [-0.3, -0.25) is 9.59 Å². The van der Waals surface area contributed by atoms with Crippen LogP contribution < -0.4 is 10.1 Å². The lowest BCUT2D eigenvalue weighted by Crippen LogP contribution is -2.53. The zero-order chi connectivity index (χ0) is 24.7. The van der Waals surface area contributed by atoms with Crippen molar-refractivity contribution in [2.45, 2.75) is 65.1 Å². The van der Waals surface area contributed by atoms with Crippen molar-refractivity contribution < 1.29 is 14.3 Å². The summed E-state index contributed by atoms with van der Waals surface area (Å²) in [6.07, 6.45) is 1.48. The molecule has 3 aromatic rings. The van der Waals surface area contributed by atoms with E-state index in [-0.39, 0.29) is 17.4 Å².